The second-order valence-corrected chi connectivity index (χ2v) is 6.12. The van der Waals surface area contributed by atoms with Gasteiger partial charge in [0, 0.05) is 6.07 Å². The zero-order chi connectivity index (χ0) is 15.6. The average Bonchev–Trinajstić information content (AvgIpc) is 2.42. The number of hydrogen-bond acceptors (Lipinski definition) is 4. The van der Waals surface area contributed by atoms with Crippen molar-refractivity contribution in [2.24, 2.45) is 0 Å². The number of methoxy groups -OCH3 is 1. The Balaban J connectivity index is 2.36. The van der Waals surface area contributed by atoms with E-state index in [0.29, 0.717) is 11.3 Å². The molecule has 0 spiro atoms. The lowest BCUT2D eigenvalue weighted by Crippen LogP contribution is -2.15. The van der Waals surface area contributed by atoms with Gasteiger partial charge in [0.05, 0.1) is 18.5 Å². The number of nitrogens with two attached hydrogens (primary N) is 1. The Kier molecular flexibility index (Phi) is 4.04. The maximum atomic E-state index is 13.5. The van der Waals surface area contributed by atoms with Crippen LogP contribution in [0.3, 0.4) is 0 Å². The number of sulfonamides is 1. The molecule has 2 aromatic carbocycles. The summed E-state index contributed by atoms with van der Waals surface area (Å²) in [5.74, 6) is -0.0364. The molecule has 0 unspecified atom stereocenters. The maximum Gasteiger partial charge on any atom is 0.263 e. The molecule has 0 amide bonds. The first-order chi connectivity index (χ1) is 9.83. The highest BCUT2D eigenvalue weighted by atomic mass is 32.2. The monoisotopic (exact) mass is 310 g/mol. The van der Waals surface area contributed by atoms with Crippen LogP contribution in [0.25, 0.3) is 0 Å². The van der Waals surface area contributed by atoms with Crippen LogP contribution in [0, 0.1) is 12.7 Å². The van der Waals surface area contributed by atoms with Crippen molar-refractivity contribution in [3.63, 3.8) is 0 Å². The minimum atomic E-state index is -3.90. The molecule has 0 atom stereocenters. The van der Waals surface area contributed by atoms with Crippen LogP contribution in [0.1, 0.15) is 5.56 Å². The van der Waals surface area contributed by atoms with Crippen LogP contribution in [0.5, 0.6) is 5.75 Å². The predicted octanol–water partition coefficient (Wildman–Crippen LogP) is 2.53. The van der Waals surface area contributed by atoms with Gasteiger partial charge in [-0.05, 0) is 36.8 Å². The van der Waals surface area contributed by atoms with Gasteiger partial charge >= 0.3 is 0 Å². The van der Waals surface area contributed by atoms with Gasteiger partial charge in [-0.3, -0.25) is 4.72 Å². The average molecular weight is 310 g/mol. The second kappa shape index (κ2) is 5.61. The van der Waals surface area contributed by atoms with Crippen LogP contribution < -0.4 is 15.2 Å². The molecule has 2 rings (SSSR count). The standard InChI is InChI=1S/C14H15FN2O3S/c1-9-3-4-10(7-12(9)15)17-21(18,19)14-6-5-11(20-2)8-13(14)16/h3-8,17H,16H2,1-2H3. The van der Waals surface area contributed by atoms with Crippen molar-refractivity contribution in [2.75, 3.05) is 17.6 Å². The number of nitrogens with one attached hydrogen (secondary N) is 1. The minimum absolute atomic E-state index is 0.0504. The molecule has 5 nitrogen and oxygen atoms in total. The van der Waals surface area contributed by atoms with Gasteiger partial charge in [0.15, 0.2) is 0 Å². The van der Waals surface area contributed by atoms with Gasteiger partial charge in [-0.25, -0.2) is 12.8 Å². The number of anilines is 2. The number of ether oxygens (including phenoxy) is 1. The molecule has 21 heavy (non-hydrogen) atoms. The van der Waals surface area contributed by atoms with Crippen LogP contribution >= 0.6 is 0 Å². The third-order valence-electron chi connectivity index (χ3n) is 2.93. The Morgan fingerprint density at radius 1 is 1.19 bits per heavy atom. The third kappa shape index (κ3) is 3.25. The van der Waals surface area contributed by atoms with E-state index in [-0.39, 0.29) is 16.3 Å². The fourth-order valence-corrected chi connectivity index (χ4v) is 2.93. The van der Waals surface area contributed by atoms with E-state index in [1.54, 1.807) is 6.92 Å². The molecule has 0 heterocycles. The molecule has 112 valence electrons. The van der Waals surface area contributed by atoms with Gasteiger partial charge in [0.25, 0.3) is 10.0 Å². The van der Waals surface area contributed by atoms with Gasteiger partial charge < -0.3 is 10.5 Å². The van der Waals surface area contributed by atoms with Crippen molar-refractivity contribution >= 4 is 21.4 Å². The van der Waals surface area contributed by atoms with Gasteiger partial charge in [-0.2, -0.15) is 0 Å². The van der Waals surface area contributed by atoms with Crippen molar-refractivity contribution in [2.45, 2.75) is 11.8 Å². The van der Waals surface area contributed by atoms with Gasteiger partial charge in [0.1, 0.15) is 16.5 Å². The van der Waals surface area contributed by atoms with E-state index in [0.717, 1.165) is 6.07 Å². The van der Waals surface area contributed by atoms with Gasteiger partial charge in [-0.1, -0.05) is 6.07 Å². The molecule has 0 radical (unpaired) electrons. The van der Waals surface area contributed by atoms with E-state index < -0.39 is 15.8 Å². The van der Waals surface area contributed by atoms with Crippen LogP contribution in [0.2, 0.25) is 0 Å². The Labute approximate surface area is 122 Å². The first-order valence-corrected chi connectivity index (χ1v) is 7.54. The second-order valence-electron chi connectivity index (χ2n) is 4.47. The zero-order valence-electron chi connectivity index (χ0n) is 11.6. The molecule has 0 aliphatic rings. The summed E-state index contributed by atoms with van der Waals surface area (Å²) >= 11 is 0. The quantitative estimate of drug-likeness (QED) is 0.850. The summed E-state index contributed by atoms with van der Waals surface area (Å²) < 4.78 is 45.2. The summed E-state index contributed by atoms with van der Waals surface area (Å²) in [4.78, 5) is -0.0933. The Hall–Kier alpha value is -2.28. The highest BCUT2D eigenvalue weighted by Gasteiger charge is 2.18. The maximum absolute atomic E-state index is 13.5. The number of hydrogen-bond donors (Lipinski definition) is 2. The molecule has 0 fully saturated rings. The van der Waals surface area contributed by atoms with E-state index in [4.69, 9.17) is 10.5 Å². The first-order valence-electron chi connectivity index (χ1n) is 6.06. The molecule has 0 saturated heterocycles. The molecule has 3 N–H and O–H groups in total. The highest BCUT2D eigenvalue weighted by molar-refractivity contribution is 7.92. The normalized spacial score (nSPS) is 11.2. The predicted molar refractivity (Wildman–Crippen MR) is 79.4 cm³/mol. The van der Waals surface area contributed by atoms with Crippen molar-refractivity contribution < 1.29 is 17.5 Å². The topological polar surface area (TPSA) is 81.4 Å². The van der Waals surface area contributed by atoms with E-state index in [1.165, 1.54) is 37.4 Å². The van der Waals surface area contributed by atoms with Crippen LogP contribution in [0.4, 0.5) is 15.8 Å². The lowest BCUT2D eigenvalue weighted by Gasteiger charge is -2.11. The molecule has 0 aliphatic heterocycles. The summed E-state index contributed by atoms with van der Waals surface area (Å²) in [5, 5.41) is 0. The van der Waals surface area contributed by atoms with E-state index >= 15 is 0 Å². The van der Waals surface area contributed by atoms with Gasteiger partial charge in [-0.15, -0.1) is 0 Å². The summed E-state index contributed by atoms with van der Waals surface area (Å²) in [6.45, 7) is 1.59. The van der Waals surface area contributed by atoms with E-state index in [2.05, 4.69) is 4.72 Å². The van der Waals surface area contributed by atoms with Crippen LogP contribution in [0.15, 0.2) is 41.3 Å². The van der Waals surface area contributed by atoms with Crippen LogP contribution in [-0.4, -0.2) is 15.5 Å². The smallest absolute Gasteiger partial charge is 0.263 e. The Morgan fingerprint density at radius 2 is 1.90 bits per heavy atom. The van der Waals surface area contributed by atoms with E-state index in [1.807, 2.05) is 0 Å². The lowest BCUT2D eigenvalue weighted by atomic mass is 10.2. The number of rotatable bonds is 4. The van der Waals surface area contributed by atoms with Crippen molar-refractivity contribution in [1.29, 1.82) is 0 Å². The van der Waals surface area contributed by atoms with Crippen molar-refractivity contribution in [3.8, 4) is 5.75 Å². The fourth-order valence-electron chi connectivity index (χ4n) is 1.76. The molecular formula is C14H15FN2O3S. The minimum Gasteiger partial charge on any atom is -0.497 e. The van der Waals surface area contributed by atoms with Gasteiger partial charge in [0.2, 0.25) is 0 Å². The molecule has 0 aromatic heterocycles. The summed E-state index contributed by atoms with van der Waals surface area (Å²) in [6, 6.07) is 8.32. The summed E-state index contributed by atoms with van der Waals surface area (Å²) in [7, 11) is -2.44. The summed E-state index contributed by atoms with van der Waals surface area (Å²) in [5.41, 5.74) is 6.33. The zero-order valence-corrected chi connectivity index (χ0v) is 12.4. The molecule has 0 saturated carbocycles. The Morgan fingerprint density at radius 3 is 2.48 bits per heavy atom. The molecule has 0 bridgehead atoms. The fraction of sp³-hybridized carbons (Fsp3) is 0.143. The molecular weight excluding hydrogens is 295 g/mol. The molecule has 2 aromatic rings. The summed E-state index contributed by atoms with van der Waals surface area (Å²) in [6.07, 6.45) is 0. The van der Waals surface area contributed by atoms with Crippen LogP contribution in [-0.2, 0) is 10.0 Å². The number of halogens is 1. The SMILES string of the molecule is COc1ccc(S(=O)(=O)Nc2ccc(C)c(F)c2)c(N)c1. The third-order valence-corrected chi connectivity index (χ3v) is 4.39. The van der Waals surface area contributed by atoms with Crippen molar-refractivity contribution in [1.82, 2.24) is 0 Å². The first kappa shape index (κ1) is 15.1. The highest BCUT2D eigenvalue weighted by Crippen LogP contribution is 2.26. The lowest BCUT2D eigenvalue weighted by molar-refractivity contribution is 0.414. The number of aryl methyl sites for hydroxylation is 1. The number of nitrogen functional groups attached to an aromatic ring is 1. The number of benzene rings is 2. The van der Waals surface area contributed by atoms with E-state index in [9.17, 15) is 12.8 Å². The van der Waals surface area contributed by atoms with Crippen molar-refractivity contribution in [3.05, 3.63) is 47.8 Å². The largest absolute Gasteiger partial charge is 0.497 e. The Bertz CT molecular complexity index is 776. The molecule has 0 aliphatic carbocycles. The molecule has 7 heteroatoms.